The summed E-state index contributed by atoms with van der Waals surface area (Å²) < 4.78 is 13.3. The molecule has 0 aliphatic heterocycles. The third-order valence-corrected chi connectivity index (χ3v) is 2.38. The van der Waals surface area contributed by atoms with Crippen LogP contribution in [0.3, 0.4) is 0 Å². The third-order valence-electron chi connectivity index (χ3n) is 2.38. The predicted octanol–water partition coefficient (Wildman–Crippen LogP) is 1.50. The van der Waals surface area contributed by atoms with Crippen molar-refractivity contribution in [3.63, 3.8) is 0 Å². The Bertz CT molecular complexity index is 571. The van der Waals surface area contributed by atoms with Crippen LogP contribution in [0.2, 0.25) is 0 Å². The number of nitrogens with zero attached hydrogens (tertiary/aromatic N) is 2. The maximum absolute atomic E-state index is 13.3. The van der Waals surface area contributed by atoms with E-state index in [4.69, 9.17) is 10.4 Å². The molecule has 0 atom stereocenters. The van der Waals surface area contributed by atoms with E-state index in [2.05, 4.69) is 9.97 Å². The number of H-pyrrole nitrogens is 1. The molecule has 0 bridgehead atoms. The SMILES string of the molecule is N#Cc1ccc(Cc2ncc(CO)[nH]2)cc1F. The van der Waals surface area contributed by atoms with E-state index < -0.39 is 5.82 Å². The summed E-state index contributed by atoms with van der Waals surface area (Å²) in [5.74, 6) is 0.122. The summed E-state index contributed by atoms with van der Waals surface area (Å²) in [5.41, 5.74) is 1.37. The smallest absolute Gasteiger partial charge is 0.141 e. The summed E-state index contributed by atoms with van der Waals surface area (Å²) in [6, 6.07) is 6.22. The molecule has 0 saturated heterocycles. The van der Waals surface area contributed by atoms with Crippen LogP contribution >= 0.6 is 0 Å². The van der Waals surface area contributed by atoms with Gasteiger partial charge in [0.15, 0.2) is 0 Å². The van der Waals surface area contributed by atoms with Crippen molar-refractivity contribution in [3.05, 3.63) is 52.9 Å². The van der Waals surface area contributed by atoms with E-state index in [9.17, 15) is 4.39 Å². The number of nitriles is 1. The molecule has 0 spiro atoms. The van der Waals surface area contributed by atoms with Crippen molar-refractivity contribution >= 4 is 0 Å². The number of hydrogen-bond acceptors (Lipinski definition) is 3. The summed E-state index contributed by atoms with van der Waals surface area (Å²) in [6.45, 7) is -0.102. The average molecular weight is 231 g/mol. The Balaban J connectivity index is 2.19. The van der Waals surface area contributed by atoms with E-state index in [-0.39, 0.29) is 12.2 Å². The van der Waals surface area contributed by atoms with Crippen LogP contribution in [-0.4, -0.2) is 15.1 Å². The molecular formula is C12H10FN3O. The molecule has 0 aliphatic carbocycles. The summed E-state index contributed by atoms with van der Waals surface area (Å²) in [4.78, 5) is 6.96. The highest BCUT2D eigenvalue weighted by Crippen LogP contribution is 2.12. The molecule has 1 aromatic heterocycles. The number of imidazole rings is 1. The summed E-state index contributed by atoms with van der Waals surface area (Å²) in [5, 5.41) is 17.5. The largest absolute Gasteiger partial charge is 0.390 e. The van der Waals surface area contributed by atoms with Crippen LogP contribution in [-0.2, 0) is 13.0 Å². The highest BCUT2D eigenvalue weighted by atomic mass is 19.1. The van der Waals surface area contributed by atoms with Gasteiger partial charge in [0.25, 0.3) is 0 Å². The van der Waals surface area contributed by atoms with Gasteiger partial charge in [-0.15, -0.1) is 0 Å². The minimum Gasteiger partial charge on any atom is -0.390 e. The molecule has 1 heterocycles. The first-order chi connectivity index (χ1) is 8.22. The quantitative estimate of drug-likeness (QED) is 0.840. The summed E-state index contributed by atoms with van der Waals surface area (Å²) in [7, 11) is 0. The minimum absolute atomic E-state index is 0.0317. The monoisotopic (exact) mass is 231 g/mol. The molecule has 0 radical (unpaired) electrons. The Morgan fingerprint density at radius 2 is 2.29 bits per heavy atom. The van der Waals surface area contributed by atoms with Crippen molar-refractivity contribution in [1.82, 2.24) is 9.97 Å². The first-order valence-electron chi connectivity index (χ1n) is 5.05. The molecule has 0 aliphatic rings. The Kier molecular flexibility index (Phi) is 3.17. The lowest BCUT2D eigenvalue weighted by atomic mass is 10.1. The van der Waals surface area contributed by atoms with Gasteiger partial charge in [0.05, 0.1) is 24.1 Å². The normalized spacial score (nSPS) is 10.2. The van der Waals surface area contributed by atoms with Gasteiger partial charge in [-0.25, -0.2) is 9.37 Å². The number of benzene rings is 1. The number of aliphatic hydroxyl groups excluding tert-OH is 1. The number of aromatic amines is 1. The van der Waals surface area contributed by atoms with Crippen molar-refractivity contribution in [2.24, 2.45) is 0 Å². The molecule has 5 heteroatoms. The highest BCUT2D eigenvalue weighted by Gasteiger charge is 2.05. The lowest BCUT2D eigenvalue weighted by Gasteiger charge is -2.00. The maximum atomic E-state index is 13.3. The number of aromatic nitrogens is 2. The molecule has 0 unspecified atom stereocenters. The maximum Gasteiger partial charge on any atom is 0.141 e. The lowest BCUT2D eigenvalue weighted by Crippen LogP contribution is -1.94. The van der Waals surface area contributed by atoms with Crippen LogP contribution in [0, 0.1) is 17.1 Å². The molecule has 17 heavy (non-hydrogen) atoms. The second-order valence-electron chi connectivity index (χ2n) is 3.62. The molecule has 4 nitrogen and oxygen atoms in total. The van der Waals surface area contributed by atoms with Gasteiger partial charge in [0, 0.05) is 6.42 Å². The van der Waals surface area contributed by atoms with E-state index >= 15 is 0 Å². The van der Waals surface area contributed by atoms with E-state index in [0.717, 1.165) is 5.56 Å². The number of hydrogen-bond donors (Lipinski definition) is 2. The van der Waals surface area contributed by atoms with Crippen LogP contribution in [0.4, 0.5) is 4.39 Å². The number of halogens is 1. The zero-order chi connectivity index (χ0) is 12.3. The first kappa shape index (κ1) is 11.3. The van der Waals surface area contributed by atoms with Gasteiger partial charge in [-0.2, -0.15) is 5.26 Å². The van der Waals surface area contributed by atoms with E-state index in [1.165, 1.54) is 18.3 Å². The van der Waals surface area contributed by atoms with Crippen LogP contribution in [0.1, 0.15) is 22.6 Å². The second-order valence-corrected chi connectivity index (χ2v) is 3.62. The molecule has 2 N–H and O–H groups in total. The lowest BCUT2D eigenvalue weighted by molar-refractivity contribution is 0.277. The van der Waals surface area contributed by atoms with Gasteiger partial charge in [-0.3, -0.25) is 0 Å². The summed E-state index contributed by atoms with van der Waals surface area (Å²) in [6.07, 6.45) is 1.97. The van der Waals surface area contributed by atoms with Crippen molar-refractivity contribution in [2.75, 3.05) is 0 Å². The van der Waals surface area contributed by atoms with Crippen LogP contribution in [0.5, 0.6) is 0 Å². The van der Waals surface area contributed by atoms with Gasteiger partial charge in [-0.05, 0) is 17.7 Å². The number of nitrogens with one attached hydrogen (secondary N) is 1. The van der Waals surface area contributed by atoms with Crippen molar-refractivity contribution in [3.8, 4) is 6.07 Å². The predicted molar refractivity (Wildman–Crippen MR) is 58.4 cm³/mol. The fourth-order valence-corrected chi connectivity index (χ4v) is 1.53. The molecule has 1 aromatic carbocycles. The second kappa shape index (κ2) is 4.76. The summed E-state index contributed by atoms with van der Waals surface area (Å²) >= 11 is 0. The zero-order valence-corrected chi connectivity index (χ0v) is 8.94. The van der Waals surface area contributed by atoms with Gasteiger partial charge < -0.3 is 10.1 Å². The van der Waals surface area contributed by atoms with Crippen LogP contribution in [0.15, 0.2) is 24.4 Å². The van der Waals surface area contributed by atoms with E-state index in [1.54, 1.807) is 12.1 Å². The standard InChI is InChI=1S/C12H10FN3O/c13-11-3-8(1-2-9(11)5-14)4-12-15-6-10(7-17)16-12/h1-3,6,17H,4,7H2,(H,15,16). The van der Waals surface area contributed by atoms with E-state index in [1.807, 2.05) is 0 Å². The van der Waals surface area contributed by atoms with Crippen molar-refractivity contribution in [2.45, 2.75) is 13.0 Å². The topological polar surface area (TPSA) is 72.7 Å². The zero-order valence-electron chi connectivity index (χ0n) is 8.94. The first-order valence-corrected chi connectivity index (χ1v) is 5.05. The fraction of sp³-hybridized carbons (Fsp3) is 0.167. The van der Waals surface area contributed by atoms with Gasteiger partial charge in [-0.1, -0.05) is 6.07 Å². The van der Waals surface area contributed by atoms with Crippen LogP contribution < -0.4 is 0 Å². The number of rotatable bonds is 3. The van der Waals surface area contributed by atoms with Crippen LogP contribution in [0.25, 0.3) is 0 Å². The minimum atomic E-state index is -0.529. The fourth-order valence-electron chi connectivity index (χ4n) is 1.53. The molecule has 0 amide bonds. The Morgan fingerprint density at radius 3 is 2.88 bits per heavy atom. The van der Waals surface area contributed by atoms with Crippen molar-refractivity contribution < 1.29 is 9.50 Å². The third kappa shape index (κ3) is 2.49. The molecule has 86 valence electrons. The van der Waals surface area contributed by atoms with Gasteiger partial charge in [0.2, 0.25) is 0 Å². The Hall–Kier alpha value is -2.19. The van der Waals surface area contributed by atoms with Gasteiger partial charge in [0.1, 0.15) is 17.7 Å². The molecule has 0 fully saturated rings. The molecular weight excluding hydrogens is 221 g/mol. The number of aliphatic hydroxyl groups is 1. The highest BCUT2D eigenvalue weighted by molar-refractivity contribution is 5.34. The van der Waals surface area contributed by atoms with E-state index in [0.29, 0.717) is 17.9 Å². The molecule has 2 aromatic rings. The molecule has 0 saturated carbocycles. The molecule has 2 rings (SSSR count). The average Bonchev–Trinajstić information content (AvgIpc) is 2.77. The Labute approximate surface area is 97.4 Å². The Morgan fingerprint density at radius 1 is 1.47 bits per heavy atom. The van der Waals surface area contributed by atoms with Crippen molar-refractivity contribution in [1.29, 1.82) is 5.26 Å². The van der Waals surface area contributed by atoms with Gasteiger partial charge >= 0.3 is 0 Å².